The molecule has 0 spiro atoms. The molecule has 1 N–H and O–H groups in total. The van der Waals surface area contributed by atoms with E-state index in [-0.39, 0.29) is 0 Å². The van der Waals surface area contributed by atoms with E-state index < -0.39 is 6.10 Å². The highest BCUT2D eigenvalue weighted by molar-refractivity contribution is 6.42. The van der Waals surface area contributed by atoms with E-state index in [1.54, 1.807) is 26.0 Å². The van der Waals surface area contributed by atoms with Gasteiger partial charge in [-0.3, -0.25) is 0 Å². The number of hydrogen-bond acceptors (Lipinski definition) is 4. The number of nitrogens with zero attached hydrogens (tertiary/aromatic N) is 2. The second kappa shape index (κ2) is 6.97. The smallest absolute Gasteiger partial charge is 0.140 e. The molecule has 6 heteroatoms. The number of halogens is 2. The van der Waals surface area contributed by atoms with Crippen LogP contribution in [0.5, 0.6) is 0 Å². The van der Waals surface area contributed by atoms with E-state index in [4.69, 9.17) is 27.7 Å². The van der Waals surface area contributed by atoms with Crippen molar-refractivity contribution in [1.29, 1.82) is 0 Å². The number of rotatable bonds is 3. The second-order valence-corrected chi connectivity index (χ2v) is 7.11. The van der Waals surface area contributed by atoms with E-state index in [0.717, 1.165) is 10.9 Å². The van der Waals surface area contributed by atoms with Crippen LogP contribution in [-0.2, 0) is 0 Å². The van der Waals surface area contributed by atoms with Crippen LogP contribution in [0.1, 0.15) is 28.7 Å². The number of hydrogen-bond donors (Lipinski definition) is 1. The summed E-state index contributed by atoms with van der Waals surface area (Å²) in [7, 11) is 0. The van der Waals surface area contributed by atoms with Gasteiger partial charge in [-0.1, -0.05) is 64.8 Å². The third-order valence-corrected chi connectivity index (χ3v) is 5.31. The van der Waals surface area contributed by atoms with Crippen molar-refractivity contribution in [3.63, 3.8) is 0 Å². The van der Waals surface area contributed by atoms with Crippen molar-refractivity contribution in [3.8, 4) is 11.1 Å². The Hall–Kier alpha value is -2.40. The Kier molecular flexibility index (Phi) is 4.64. The molecule has 1 atom stereocenters. The van der Waals surface area contributed by atoms with Gasteiger partial charge >= 0.3 is 0 Å². The van der Waals surface area contributed by atoms with E-state index >= 15 is 0 Å². The number of pyridine rings is 1. The van der Waals surface area contributed by atoms with E-state index in [1.165, 1.54) is 0 Å². The summed E-state index contributed by atoms with van der Waals surface area (Å²) in [6.45, 7) is 3.58. The molecule has 0 saturated carbocycles. The third kappa shape index (κ3) is 3.10. The Bertz CT molecular complexity index is 1120. The maximum Gasteiger partial charge on any atom is 0.140 e. The molecular weight excluding hydrogens is 383 g/mol. The van der Waals surface area contributed by atoms with Gasteiger partial charge in [-0.25, -0.2) is 4.98 Å². The van der Waals surface area contributed by atoms with Gasteiger partial charge in [0.1, 0.15) is 17.0 Å². The Morgan fingerprint density at radius 3 is 2.44 bits per heavy atom. The molecule has 27 heavy (non-hydrogen) atoms. The number of fused-ring (bicyclic) bond motifs is 1. The molecular formula is C21H16Cl2N2O2. The largest absolute Gasteiger partial charge is 0.383 e. The zero-order valence-corrected chi connectivity index (χ0v) is 16.2. The van der Waals surface area contributed by atoms with Crippen LogP contribution in [0.25, 0.3) is 22.0 Å². The highest BCUT2D eigenvalue weighted by atomic mass is 35.5. The number of aromatic nitrogens is 2. The van der Waals surface area contributed by atoms with Crippen LogP contribution < -0.4 is 0 Å². The van der Waals surface area contributed by atoms with Gasteiger partial charge in [0.05, 0.1) is 21.8 Å². The summed E-state index contributed by atoms with van der Waals surface area (Å²) in [4.78, 5) is 4.48. The van der Waals surface area contributed by atoms with Crippen LogP contribution in [-0.4, -0.2) is 15.2 Å². The molecule has 2 aromatic carbocycles. The standard InChI is InChI=1S/C21H16Cl2N2O2/c1-11-17(12(2)27-25-11)20(26)14-8-9-16-15(10-14)19(22)18(21(23)24-16)13-6-4-3-5-7-13/h3-10,20,26H,1-2H3. The Labute approximate surface area is 166 Å². The summed E-state index contributed by atoms with van der Waals surface area (Å²) in [6.07, 6.45) is -0.868. The molecule has 0 saturated heterocycles. The minimum Gasteiger partial charge on any atom is -0.383 e. The average molecular weight is 399 g/mol. The van der Waals surface area contributed by atoms with Gasteiger partial charge in [-0.05, 0) is 37.1 Å². The highest BCUT2D eigenvalue weighted by Gasteiger charge is 2.21. The summed E-state index contributed by atoms with van der Waals surface area (Å²) in [5.74, 6) is 0.588. The van der Waals surface area contributed by atoms with Gasteiger partial charge in [0.25, 0.3) is 0 Å². The van der Waals surface area contributed by atoms with Crippen LogP contribution in [0.3, 0.4) is 0 Å². The molecule has 0 fully saturated rings. The molecule has 2 heterocycles. The molecule has 0 amide bonds. The lowest BCUT2D eigenvalue weighted by Gasteiger charge is -2.14. The zero-order chi connectivity index (χ0) is 19.1. The fraction of sp³-hybridized carbons (Fsp3) is 0.143. The quantitative estimate of drug-likeness (QED) is 0.436. The number of aryl methyl sites for hydroxylation is 2. The molecule has 1 unspecified atom stereocenters. The minimum atomic E-state index is -0.868. The van der Waals surface area contributed by atoms with Crippen molar-refractivity contribution in [3.05, 3.63) is 81.3 Å². The predicted molar refractivity (Wildman–Crippen MR) is 107 cm³/mol. The first-order chi connectivity index (χ1) is 13.0. The monoisotopic (exact) mass is 398 g/mol. The Morgan fingerprint density at radius 2 is 1.78 bits per heavy atom. The lowest BCUT2D eigenvalue weighted by Crippen LogP contribution is -2.02. The van der Waals surface area contributed by atoms with Crippen molar-refractivity contribution in [2.45, 2.75) is 20.0 Å². The van der Waals surface area contributed by atoms with Crippen molar-refractivity contribution in [2.75, 3.05) is 0 Å². The van der Waals surface area contributed by atoms with Gasteiger partial charge in [-0.15, -0.1) is 0 Å². The molecule has 0 aliphatic heterocycles. The van der Waals surface area contributed by atoms with Gasteiger partial charge in [0.15, 0.2) is 0 Å². The van der Waals surface area contributed by atoms with Crippen LogP contribution in [0.15, 0.2) is 53.1 Å². The zero-order valence-electron chi connectivity index (χ0n) is 14.7. The van der Waals surface area contributed by atoms with Gasteiger partial charge in [0.2, 0.25) is 0 Å². The molecule has 136 valence electrons. The van der Waals surface area contributed by atoms with E-state index in [1.807, 2.05) is 36.4 Å². The number of aliphatic hydroxyl groups excluding tert-OH is 1. The summed E-state index contributed by atoms with van der Waals surface area (Å²) in [5, 5.41) is 16.3. The fourth-order valence-corrected chi connectivity index (χ4v) is 3.97. The van der Waals surface area contributed by atoms with Gasteiger partial charge in [-0.2, -0.15) is 0 Å². The van der Waals surface area contributed by atoms with Crippen LogP contribution >= 0.6 is 23.2 Å². The van der Waals surface area contributed by atoms with Gasteiger partial charge in [0, 0.05) is 10.9 Å². The lowest BCUT2D eigenvalue weighted by molar-refractivity contribution is 0.217. The lowest BCUT2D eigenvalue weighted by atomic mass is 9.97. The average Bonchev–Trinajstić information content (AvgIpc) is 3.00. The van der Waals surface area contributed by atoms with Crippen molar-refractivity contribution in [2.24, 2.45) is 0 Å². The SMILES string of the molecule is Cc1noc(C)c1C(O)c1ccc2nc(Cl)c(-c3ccccc3)c(Cl)c2c1. The highest BCUT2D eigenvalue weighted by Crippen LogP contribution is 2.39. The molecule has 0 aliphatic rings. The van der Waals surface area contributed by atoms with E-state index in [2.05, 4.69) is 10.1 Å². The van der Waals surface area contributed by atoms with E-state index in [0.29, 0.717) is 43.8 Å². The molecule has 0 radical (unpaired) electrons. The first-order valence-electron chi connectivity index (χ1n) is 8.42. The van der Waals surface area contributed by atoms with Crippen LogP contribution in [0, 0.1) is 13.8 Å². The molecule has 4 nitrogen and oxygen atoms in total. The number of aliphatic hydroxyl groups is 1. The predicted octanol–water partition coefficient (Wildman–Crippen LogP) is 5.90. The molecule has 4 aromatic rings. The molecule has 4 rings (SSSR count). The van der Waals surface area contributed by atoms with Crippen molar-refractivity contribution >= 4 is 34.1 Å². The maximum absolute atomic E-state index is 10.8. The van der Waals surface area contributed by atoms with E-state index in [9.17, 15) is 5.11 Å². The third-order valence-electron chi connectivity index (χ3n) is 4.64. The molecule has 2 aromatic heterocycles. The number of benzene rings is 2. The summed E-state index contributed by atoms with van der Waals surface area (Å²) in [5.41, 5.74) is 4.23. The Balaban J connectivity index is 1.89. The summed E-state index contributed by atoms with van der Waals surface area (Å²) < 4.78 is 5.18. The maximum atomic E-state index is 10.8. The second-order valence-electron chi connectivity index (χ2n) is 6.37. The van der Waals surface area contributed by atoms with Gasteiger partial charge < -0.3 is 9.63 Å². The first kappa shape index (κ1) is 18.0. The fourth-order valence-electron chi connectivity index (χ4n) is 3.28. The normalized spacial score (nSPS) is 12.5. The van der Waals surface area contributed by atoms with Crippen molar-refractivity contribution < 1.29 is 9.63 Å². The summed E-state index contributed by atoms with van der Waals surface area (Å²) in [6, 6.07) is 15.1. The summed E-state index contributed by atoms with van der Waals surface area (Å²) >= 11 is 13.1. The molecule has 0 bridgehead atoms. The topological polar surface area (TPSA) is 59.2 Å². The van der Waals surface area contributed by atoms with Crippen LogP contribution in [0.4, 0.5) is 0 Å². The Morgan fingerprint density at radius 1 is 1.04 bits per heavy atom. The first-order valence-corrected chi connectivity index (χ1v) is 9.18. The van der Waals surface area contributed by atoms with Crippen LogP contribution in [0.2, 0.25) is 10.2 Å². The minimum absolute atomic E-state index is 0.345. The van der Waals surface area contributed by atoms with Crippen molar-refractivity contribution in [1.82, 2.24) is 10.1 Å². The molecule has 0 aliphatic carbocycles.